The molecule has 0 saturated heterocycles. The van der Waals surface area contributed by atoms with E-state index in [9.17, 15) is 0 Å². The van der Waals surface area contributed by atoms with E-state index >= 15 is 0 Å². The summed E-state index contributed by atoms with van der Waals surface area (Å²) >= 11 is 1.84. The highest BCUT2D eigenvalue weighted by Crippen LogP contribution is 2.62. The zero-order chi connectivity index (χ0) is 35.6. The quantitative estimate of drug-likeness (QED) is 0.182. The maximum Gasteiger partial charge on any atom is 0.164 e. The van der Waals surface area contributed by atoms with E-state index in [0.717, 1.165) is 57.4 Å². The normalized spacial score (nSPS) is 14.6. The molecule has 3 heterocycles. The fourth-order valence-corrected chi connectivity index (χ4v) is 9.85. The molecular weight excluding hydrogens is 677 g/mol. The summed E-state index contributed by atoms with van der Waals surface area (Å²) in [6.45, 7) is 0. The molecule has 5 heteroatoms. The Morgan fingerprint density at radius 2 is 1.13 bits per heavy atom. The van der Waals surface area contributed by atoms with E-state index in [4.69, 9.17) is 19.9 Å². The molecule has 0 unspecified atom stereocenters. The second kappa shape index (κ2) is 12.3. The van der Waals surface area contributed by atoms with Crippen molar-refractivity contribution in [2.24, 2.45) is 0 Å². The first-order chi connectivity index (χ1) is 26.8. The van der Waals surface area contributed by atoms with Gasteiger partial charge in [0.1, 0.15) is 0 Å². The number of fused-ring (bicyclic) bond motifs is 10. The van der Waals surface area contributed by atoms with Crippen molar-refractivity contribution in [2.45, 2.75) is 28.0 Å². The minimum atomic E-state index is -0.568. The Morgan fingerprint density at radius 1 is 0.500 bits per heavy atom. The van der Waals surface area contributed by atoms with Crippen LogP contribution in [0.4, 0.5) is 0 Å². The van der Waals surface area contributed by atoms with Gasteiger partial charge in [-0.2, -0.15) is 0 Å². The molecule has 2 aliphatic carbocycles. The van der Waals surface area contributed by atoms with Crippen molar-refractivity contribution >= 4 is 28.2 Å². The van der Waals surface area contributed by atoms with Gasteiger partial charge >= 0.3 is 0 Å². The van der Waals surface area contributed by atoms with Crippen molar-refractivity contribution in [3.8, 4) is 45.0 Å². The fraction of sp³-hybridized carbons (Fsp3) is 0.0612. The van der Waals surface area contributed by atoms with E-state index in [-0.39, 0.29) is 0 Å². The molecule has 0 saturated carbocycles. The number of para-hydroxylation sites is 1. The summed E-state index contributed by atoms with van der Waals surface area (Å²) in [5.74, 6) is 2.10. The van der Waals surface area contributed by atoms with Crippen LogP contribution in [0.15, 0.2) is 180 Å². The SMILES string of the molecule is C1=CCCC(c2nc(-c3ccccc3)nc(-c3ccc4c(c3)C3(c5cc(-c6cccc7cccnc67)ccc5S4)c4ccccc4-c4ccccc43)n2)=C1. The number of hydrogen-bond acceptors (Lipinski definition) is 5. The molecule has 0 radical (unpaired) electrons. The molecule has 11 rings (SSSR count). The number of hydrogen-bond donors (Lipinski definition) is 0. The minimum absolute atomic E-state index is 0.568. The first-order valence-corrected chi connectivity index (χ1v) is 19.3. The predicted octanol–water partition coefficient (Wildman–Crippen LogP) is 12.0. The van der Waals surface area contributed by atoms with Crippen LogP contribution in [0.5, 0.6) is 0 Å². The van der Waals surface area contributed by atoms with E-state index in [0.29, 0.717) is 11.6 Å². The summed E-state index contributed by atoms with van der Waals surface area (Å²) in [6, 6.07) is 52.6. The topological polar surface area (TPSA) is 51.6 Å². The highest BCUT2D eigenvalue weighted by molar-refractivity contribution is 7.99. The Hall–Kier alpha value is -6.43. The lowest BCUT2D eigenvalue weighted by Crippen LogP contribution is -2.32. The van der Waals surface area contributed by atoms with Crippen molar-refractivity contribution in [3.05, 3.63) is 198 Å². The van der Waals surface area contributed by atoms with Crippen molar-refractivity contribution in [2.75, 3.05) is 0 Å². The number of pyridine rings is 1. The van der Waals surface area contributed by atoms with E-state index in [1.54, 1.807) is 0 Å². The van der Waals surface area contributed by atoms with Crippen LogP contribution in [-0.4, -0.2) is 19.9 Å². The van der Waals surface area contributed by atoms with Gasteiger partial charge in [0.15, 0.2) is 17.5 Å². The Morgan fingerprint density at radius 3 is 1.87 bits per heavy atom. The lowest BCUT2D eigenvalue weighted by Gasteiger charge is -2.40. The van der Waals surface area contributed by atoms with Crippen LogP contribution in [0.1, 0.15) is 40.9 Å². The average molecular weight is 709 g/mol. The molecular formula is C49H32N4S. The van der Waals surface area contributed by atoms with Gasteiger partial charge in [-0.1, -0.05) is 145 Å². The first kappa shape index (κ1) is 31.1. The molecule has 1 spiro atoms. The number of allylic oxidation sites excluding steroid dienone is 4. The van der Waals surface area contributed by atoms with Crippen molar-refractivity contribution in [1.82, 2.24) is 19.9 Å². The second-order valence-corrected chi connectivity index (χ2v) is 15.2. The Labute approximate surface area is 318 Å². The molecule has 254 valence electrons. The summed E-state index contributed by atoms with van der Waals surface area (Å²) in [5.41, 5.74) is 13.5. The molecule has 0 fully saturated rings. The minimum Gasteiger partial charge on any atom is -0.256 e. The van der Waals surface area contributed by atoms with Gasteiger partial charge in [-0.25, -0.2) is 15.0 Å². The summed E-state index contributed by atoms with van der Waals surface area (Å²) in [4.78, 5) is 22.7. The van der Waals surface area contributed by atoms with Crippen molar-refractivity contribution < 1.29 is 0 Å². The molecule has 0 N–H and O–H groups in total. The number of benzene rings is 6. The molecule has 1 aliphatic heterocycles. The third-order valence-electron chi connectivity index (χ3n) is 11.1. The van der Waals surface area contributed by atoms with Gasteiger partial charge in [0.05, 0.1) is 10.9 Å². The van der Waals surface area contributed by atoms with Crippen LogP contribution in [0.25, 0.3) is 61.5 Å². The highest BCUT2D eigenvalue weighted by atomic mass is 32.2. The van der Waals surface area contributed by atoms with Gasteiger partial charge in [-0.05, 0) is 87.7 Å². The van der Waals surface area contributed by atoms with Crippen LogP contribution in [0, 0.1) is 0 Å². The number of rotatable bonds is 4. The standard InChI is InChI=1S/C49H32N4S/c1-3-13-32(14-4-1)46-51-47(33-15-5-2-6-16-33)53-48(52-46)35-25-27-44-42(30-35)49(39-22-9-7-19-37(39)38-20-8-10-23-40(38)49)41-29-34(24-26-43(41)54-44)36-21-11-17-31-18-12-28-50-45(31)36/h1-5,7-15,17-30H,6,16H2. The van der Waals surface area contributed by atoms with Gasteiger partial charge in [0.25, 0.3) is 0 Å². The molecule has 54 heavy (non-hydrogen) atoms. The predicted molar refractivity (Wildman–Crippen MR) is 219 cm³/mol. The van der Waals surface area contributed by atoms with E-state index in [2.05, 4.69) is 140 Å². The lowest BCUT2D eigenvalue weighted by atomic mass is 9.66. The van der Waals surface area contributed by atoms with Gasteiger partial charge in [0, 0.05) is 38.1 Å². The smallest absolute Gasteiger partial charge is 0.164 e. The fourth-order valence-electron chi connectivity index (χ4n) is 8.70. The molecule has 8 aromatic rings. The van der Waals surface area contributed by atoms with Crippen molar-refractivity contribution in [1.29, 1.82) is 0 Å². The third-order valence-corrected chi connectivity index (χ3v) is 12.3. The summed E-state index contributed by atoms with van der Waals surface area (Å²) in [7, 11) is 0. The largest absolute Gasteiger partial charge is 0.256 e. The van der Waals surface area contributed by atoms with E-state index < -0.39 is 5.41 Å². The summed E-state index contributed by atoms with van der Waals surface area (Å²) in [6.07, 6.45) is 10.2. The molecule has 4 nitrogen and oxygen atoms in total. The molecule has 2 aromatic heterocycles. The maximum absolute atomic E-state index is 5.19. The Balaban J connectivity index is 1.18. The number of nitrogens with zero attached hydrogens (tertiary/aromatic N) is 4. The van der Waals surface area contributed by atoms with Crippen LogP contribution >= 0.6 is 11.8 Å². The van der Waals surface area contributed by atoms with E-state index in [1.807, 2.05) is 42.2 Å². The molecule has 3 aliphatic rings. The van der Waals surface area contributed by atoms with E-state index in [1.165, 1.54) is 43.2 Å². The Bertz CT molecular complexity index is 2820. The monoisotopic (exact) mass is 708 g/mol. The summed E-state index contributed by atoms with van der Waals surface area (Å²) < 4.78 is 0. The van der Waals surface area contributed by atoms with Gasteiger partial charge in [-0.3, -0.25) is 4.98 Å². The van der Waals surface area contributed by atoms with Crippen LogP contribution in [-0.2, 0) is 5.41 Å². The molecule has 0 atom stereocenters. The first-order valence-electron chi connectivity index (χ1n) is 18.4. The summed E-state index contributed by atoms with van der Waals surface area (Å²) in [5, 5.41) is 1.13. The zero-order valence-electron chi connectivity index (χ0n) is 29.3. The second-order valence-electron chi connectivity index (χ2n) is 14.1. The van der Waals surface area contributed by atoms with Crippen molar-refractivity contribution in [3.63, 3.8) is 0 Å². The lowest BCUT2D eigenvalue weighted by molar-refractivity contribution is 0.723. The average Bonchev–Trinajstić information content (AvgIpc) is 3.54. The third kappa shape index (κ3) is 4.71. The number of aromatic nitrogens is 4. The molecule has 0 amide bonds. The van der Waals surface area contributed by atoms with Gasteiger partial charge < -0.3 is 0 Å². The van der Waals surface area contributed by atoms with Gasteiger partial charge in [0.2, 0.25) is 0 Å². The molecule has 0 bridgehead atoms. The molecule has 6 aromatic carbocycles. The van der Waals surface area contributed by atoms with Crippen LogP contribution < -0.4 is 0 Å². The zero-order valence-corrected chi connectivity index (χ0v) is 30.1. The van der Waals surface area contributed by atoms with Crippen LogP contribution in [0.2, 0.25) is 0 Å². The van der Waals surface area contributed by atoms with Crippen LogP contribution in [0.3, 0.4) is 0 Å². The highest BCUT2D eigenvalue weighted by Gasteiger charge is 2.50. The maximum atomic E-state index is 5.19. The Kier molecular flexibility index (Phi) is 7.11. The van der Waals surface area contributed by atoms with Gasteiger partial charge in [-0.15, -0.1) is 0 Å².